The lowest BCUT2D eigenvalue weighted by atomic mass is 10.2. The fraction of sp³-hybridized carbons (Fsp3) is 0.0769. The predicted molar refractivity (Wildman–Crippen MR) is 67.7 cm³/mol. The maximum atomic E-state index is 13.0. The number of hydrogen-bond donors (Lipinski definition) is 1. The average molecular weight is 334 g/mol. The summed E-state index contributed by atoms with van der Waals surface area (Å²) in [6.45, 7) is 0.0895. The van der Waals surface area contributed by atoms with E-state index in [4.69, 9.17) is 0 Å². The molecule has 0 heterocycles. The second-order valence-corrected chi connectivity index (χ2v) is 4.71. The van der Waals surface area contributed by atoms with Gasteiger partial charge in [-0.25, -0.2) is 17.6 Å². The zero-order valence-electron chi connectivity index (χ0n) is 9.48. The molecule has 6 heteroatoms. The van der Waals surface area contributed by atoms with Crippen LogP contribution in [0.5, 0.6) is 0 Å². The first-order valence-electron chi connectivity index (χ1n) is 5.29. The van der Waals surface area contributed by atoms with Crippen molar-refractivity contribution in [1.29, 1.82) is 0 Å². The molecule has 0 atom stereocenters. The van der Waals surface area contributed by atoms with Gasteiger partial charge in [0.05, 0.1) is 4.47 Å². The SMILES string of the molecule is Fc1ccc(NCc2cc(F)c(F)c(F)c2)cc1Br. The maximum absolute atomic E-state index is 13.0. The summed E-state index contributed by atoms with van der Waals surface area (Å²) in [5.74, 6) is -4.38. The van der Waals surface area contributed by atoms with Crippen LogP contribution in [0.15, 0.2) is 34.8 Å². The first kappa shape index (κ1) is 13.9. The fourth-order valence-electron chi connectivity index (χ4n) is 1.52. The van der Waals surface area contributed by atoms with E-state index in [1.807, 2.05) is 0 Å². The molecular weight excluding hydrogens is 326 g/mol. The lowest BCUT2D eigenvalue weighted by Gasteiger charge is -2.08. The molecule has 0 fully saturated rings. The normalized spacial score (nSPS) is 10.6. The van der Waals surface area contributed by atoms with E-state index < -0.39 is 23.3 Å². The largest absolute Gasteiger partial charge is 0.381 e. The molecule has 0 spiro atoms. The fourth-order valence-corrected chi connectivity index (χ4v) is 1.90. The van der Waals surface area contributed by atoms with Crippen LogP contribution >= 0.6 is 15.9 Å². The zero-order valence-corrected chi connectivity index (χ0v) is 11.1. The number of benzene rings is 2. The van der Waals surface area contributed by atoms with Crippen LogP contribution in [-0.2, 0) is 6.54 Å². The molecule has 0 aliphatic carbocycles. The van der Waals surface area contributed by atoms with E-state index in [0.29, 0.717) is 5.69 Å². The van der Waals surface area contributed by atoms with E-state index in [9.17, 15) is 17.6 Å². The molecular formula is C13H8BrF4N. The van der Waals surface area contributed by atoms with Gasteiger partial charge in [0.15, 0.2) is 17.5 Å². The van der Waals surface area contributed by atoms with Gasteiger partial charge in [0.25, 0.3) is 0 Å². The molecule has 0 aromatic heterocycles. The summed E-state index contributed by atoms with van der Waals surface area (Å²) in [5, 5.41) is 2.85. The van der Waals surface area contributed by atoms with E-state index in [-0.39, 0.29) is 16.6 Å². The Morgan fingerprint density at radius 2 is 1.53 bits per heavy atom. The van der Waals surface area contributed by atoms with Crippen molar-refractivity contribution in [3.8, 4) is 0 Å². The van der Waals surface area contributed by atoms with Crippen molar-refractivity contribution in [3.05, 3.63) is 63.6 Å². The van der Waals surface area contributed by atoms with Gasteiger partial charge in [-0.05, 0) is 51.8 Å². The molecule has 0 amide bonds. The minimum atomic E-state index is -1.49. The Balaban J connectivity index is 2.12. The molecule has 1 nitrogen and oxygen atoms in total. The Hall–Kier alpha value is -1.56. The first-order chi connectivity index (χ1) is 8.97. The molecule has 0 unspecified atom stereocenters. The molecule has 1 N–H and O–H groups in total. The van der Waals surface area contributed by atoms with Crippen molar-refractivity contribution in [1.82, 2.24) is 0 Å². The van der Waals surface area contributed by atoms with Crippen LogP contribution in [0.3, 0.4) is 0 Å². The molecule has 0 aliphatic rings. The molecule has 2 rings (SSSR count). The van der Waals surface area contributed by atoms with E-state index in [0.717, 1.165) is 12.1 Å². The second kappa shape index (κ2) is 5.61. The number of halogens is 5. The quantitative estimate of drug-likeness (QED) is 0.638. The third-order valence-electron chi connectivity index (χ3n) is 2.46. The van der Waals surface area contributed by atoms with Crippen molar-refractivity contribution >= 4 is 21.6 Å². The van der Waals surface area contributed by atoms with Crippen molar-refractivity contribution in [2.24, 2.45) is 0 Å². The summed E-state index contributed by atoms with van der Waals surface area (Å²) in [6, 6.07) is 6.04. The number of anilines is 1. The highest BCUT2D eigenvalue weighted by Crippen LogP contribution is 2.21. The molecule has 0 radical (unpaired) electrons. The van der Waals surface area contributed by atoms with Crippen LogP contribution in [0.2, 0.25) is 0 Å². The van der Waals surface area contributed by atoms with E-state index in [1.54, 1.807) is 0 Å². The van der Waals surface area contributed by atoms with Crippen LogP contribution in [0.1, 0.15) is 5.56 Å². The van der Waals surface area contributed by atoms with Gasteiger partial charge in [-0.15, -0.1) is 0 Å². The van der Waals surface area contributed by atoms with Crippen molar-refractivity contribution in [3.63, 3.8) is 0 Å². The Bertz CT molecular complexity index is 593. The van der Waals surface area contributed by atoms with Gasteiger partial charge in [-0.3, -0.25) is 0 Å². The molecule has 19 heavy (non-hydrogen) atoms. The summed E-state index contributed by atoms with van der Waals surface area (Å²) in [6.07, 6.45) is 0. The molecule has 2 aromatic carbocycles. The Morgan fingerprint density at radius 3 is 2.11 bits per heavy atom. The lowest BCUT2D eigenvalue weighted by molar-refractivity contribution is 0.445. The standard InChI is InChI=1S/C13H8BrF4N/c14-9-5-8(1-2-10(9)15)19-6-7-3-11(16)13(18)12(17)4-7/h1-5,19H,6H2. The van der Waals surface area contributed by atoms with Gasteiger partial charge >= 0.3 is 0 Å². The van der Waals surface area contributed by atoms with Crippen molar-refractivity contribution < 1.29 is 17.6 Å². The van der Waals surface area contributed by atoms with Crippen molar-refractivity contribution in [2.75, 3.05) is 5.32 Å². The first-order valence-corrected chi connectivity index (χ1v) is 6.09. The average Bonchev–Trinajstić information content (AvgIpc) is 2.37. The van der Waals surface area contributed by atoms with Crippen LogP contribution in [-0.4, -0.2) is 0 Å². The van der Waals surface area contributed by atoms with Gasteiger partial charge in [0.1, 0.15) is 5.82 Å². The van der Waals surface area contributed by atoms with Gasteiger partial charge in [0.2, 0.25) is 0 Å². The highest BCUT2D eigenvalue weighted by atomic mass is 79.9. The van der Waals surface area contributed by atoms with Crippen LogP contribution in [0.4, 0.5) is 23.2 Å². The Kier molecular flexibility index (Phi) is 4.09. The van der Waals surface area contributed by atoms with E-state index in [2.05, 4.69) is 21.2 Å². The third kappa shape index (κ3) is 3.26. The number of hydrogen-bond acceptors (Lipinski definition) is 1. The molecule has 0 aliphatic heterocycles. The third-order valence-corrected chi connectivity index (χ3v) is 3.07. The van der Waals surface area contributed by atoms with Crippen LogP contribution < -0.4 is 5.32 Å². The van der Waals surface area contributed by atoms with E-state index in [1.165, 1.54) is 18.2 Å². The Morgan fingerprint density at radius 1 is 0.895 bits per heavy atom. The summed E-state index contributed by atoms with van der Waals surface area (Å²) in [4.78, 5) is 0. The summed E-state index contributed by atoms with van der Waals surface area (Å²) in [7, 11) is 0. The van der Waals surface area contributed by atoms with Gasteiger partial charge in [0, 0.05) is 12.2 Å². The summed E-state index contributed by atoms with van der Waals surface area (Å²) in [5.41, 5.74) is 0.815. The maximum Gasteiger partial charge on any atom is 0.194 e. The van der Waals surface area contributed by atoms with Crippen LogP contribution in [0.25, 0.3) is 0 Å². The van der Waals surface area contributed by atoms with Crippen molar-refractivity contribution in [2.45, 2.75) is 6.54 Å². The zero-order chi connectivity index (χ0) is 14.0. The minimum Gasteiger partial charge on any atom is -0.381 e. The second-order valence-electron chi connectivity index (χ2n) is 3.86. The van der Waals surface area contributed by atoms with Gasteiger partial charge in [-0.2, -0.15) is 0 Å². The predicted octanol–water partition coefficient (Wildman–Crippen LogP) is 4.62. The van der Waals surface area contributed by atoms with E-state index >= 15 is 0 Å². The smallest absolute Gasteiger partial charge is 0.194 e. The monoisotopic (exact) mass is 333 g/mol. The van der Waals surface area contributed by atoms with Crippen LogP contribution in [0, 0.1) is 23.3 Å². The summed E-state index contributed by atoms with van der Waals surface area (Å²) < 4.78 is 52.0. The topological polar surface area (TPSA) is 12.0 Å². The molecule has 0 saturated carbocycles. The highest BCUT2D eigenvalue weighted by Gasteiger charge is 2.10. The van der Waals surface area contributed by atoms with Gasteiger partial charge < -0.3 is 5.32 Å². The number of nitrogens with one attached hydrogen (secondary N) is 1. The number of rotatable bonds is 3. The van der Waals surface area contributed by atoms with Gasteiger partial charge in [-0.1, -0.05) is 0 Å². The molecule has 0 saturated heterocycles. The lowest BCUT2D eigenvalue weighted by Crippen LogP contribution is -2.02. The highest BCUT2D eigenvalue weighted by molar-refractivity contribution is 9.10. The summed E-state index contributed by atoms with van der Waals surface area (Å²) >= 11 is 3.02. The molecule has 0 bridgehead atoms. The molecule has 100 valence electrons. The Labute approximate surface area is 115 Å². The molecule has 2 aromatic rings. The minimum absolute atomic E-state index is 0.0895.